The van der Waals surface area contributed by atoms with E-state index in [9.17, 15) is 9.18 Å². The van der Waals surface area contributed by atoms with E-state index in [1.807, 2.05) is 29.2 Å². The molecule has 1 amide bonds. The van der Waals surface area contributed by atoms with E-state index >= 15 is 0 Å². The largest absolute Gasteiger partial charge is 0.378 e. The summed E-state index contributed by atoms with van der Waals surface area (Å²) in [5.74, 6) is 0.207. The number of nitrogens with zero attached hydrogens (tertiary/aromatic N) is 1. The van der Waals surface area contributed by atoms with Gasteiger partial charge in [0.25, 0.3) is 0 Å². The van der Waals surface area contributed by atoms with Crippen molar-refractivity contribution in [1.82, 2.24) is 0 Å². The average molecular weight is 439 g/mol. The number of nitrogens with one attached hydrogen (secondary N) is 1. The number of amides is 1. The van der Waals surface area contributed by atoms with Crippen LogP contribution in [0.2, 0.25) is 0 Å². The van der Waals surface area contributed by atoms with Crippen LogP contribution in [-0.2, 0) is 9.53 Å². The van der Waals surface area contributed by atoms with Crippen LogP contribution in [0.4, 0.5) is 15.8 Å². The molecule has 26 heavy (non-hydrogen) atoms. The number of benzene rings is 2. The molecule has 1 aliphatic heterocycles. The minimum atomic E-state index is -0.327. The smallest absolute Gasteiger partial charge is 0.225 e. The molecule has 138 valence electrons. The van der Waals surface area contributed by atoms with Crippen LogP contribution in [0, 0.1) is 5.82 Å². The van der Waals surface area contributed by atoms with Gasteiger partial charge < -0.3 is 15.0 Å². The molecule has 0 aromatic heterocycles. The maximum atomic E-state index is 14.4. The van der Waals surface area contributed by atoms with E-state index in [2.05, 4.69) is 21.2 Å². The number of rotatable bonds is 6. The van der Waals surface area contributed by atoms with E-state index in [4.69, 9.17) is 4.74 Å². The van der Waals surface area contributed by atoms with E-state index < -0.39 is 0 Å². The SMILES string of the molecule is O=C(CCSc1ccccc1Br)Nc1ccc(N2CCOCC2)c(F)c1. The second kappa shape index (κ2) is 9.39. The summed E-state index contributed by atoms with van der Waals surface area (Å²) in [4.78, 5) is 15.2. The zero-order valence-corrected chi connectivity index (χ0v) is 16.6. The highest BCUT2D eigenvalue weighted by Gasteiger charge is 2.15. The first kappa shape index (κ1) is 19.2. The minimum absolute atomic E-state index is 0.122. The molecule has 1 fully saturated rings. The Bertz CT molecular complexity index is 769. The predicted molar refractivity (Wildman–Crippen MR) is 108 cm³/mol. The Labute approximate surface area is 165 Å². The normalized spacial score (nSPS) is 14.3. The molecular weight excluding hydrogens is 419 g/mol. The number of halogens is 2. The van der Waals surface area contributed by atoms with Crippen molar-refractivity contribution in [1.29, 1.82) is 0 Å². The molecule has 1 N–H and O–H groups in total. The van der Waals surface area contributed by atoms with Crippen molar-refractivity contribution in [3.8, 4) is 0 Å². The Kier molecular flexibility index (Phi) is 6.93. The molecule has 0 radical (unpaired) electrons. The molecule has 1 heterocycles. The van der Waals surface area contributed by atoms with Crippen LogP contribution in [0.5, 0.6) is 0 Å². The number of ether oxygens (including phenoxy) is 1. The van der Waals surface area contributed by atoms with Crippen LogP contribution in [-0.4, -0.2) is 38.0 Å². The van der Waals surface area contributed by atoms with Gasteiger partial charge in [-0.05, 0) is 46.3 Å². The molecule has 3 rings (SSSR count). The van der Waals surface area contributed by atoms with Crippen LogP contribution in [0.15, 0.2) is 51.8 Å². The lowest BCUT2D eigenvalue weighted by Crippen LogP contribution is -2.36. The third-order valence-corrected chi connectivity index (χ3v) is 6.04. The standard InChI is InChI=1S/C19H20BrFN2O2S/c20-15-3-1-2-4-18(15)26-12-7-19(24)22-14-5-6-17(16(21)13-14)23-8-10-25-11-9-23/h1-6,13H,7-12H2,(H,22,24). The average Bonchev–Trinajstić information content (AvgIpc) is 2.64. The monoisotopic (exact) mass is 438 g/mol. The van der Waals surface area contributed by atoms with Crippen molar-refractivity contribution < 1.29 is 13.9 Å². The molecule has 0 saturated carbocycles. The summed E-state index contributed by atoms with van der Waals surface area (Å²) in [5.41, 5.74) is 1.03. The molecule has 0 aliphatic carbocycles. The molecule has 4 nitrogen and oxygen atoms in total. The van der Waals surface area contributed by atoms with Gasteiger partial charge in [-0.15, -0.1) is 11.8 Å². The van der Waals surface area contributed by atoms with E-state index in [0.717, 1.165) is 9.37 Å². The van der Waals surface area contributed by atoms with Gasteiger partial charge in [-0.1, -0.05) is 12.1 Å². The summed E-state index contributed by atoms with van der Waals surface area (Å²) in [7, 11) is 0. The van der Waals surface area contributed by atoms with Crippen LogP contribution in [0.3, 0.4) is 0 Å². The number of morpholine rings is 1. The van der Waals surface area contributed by atoms with Gasteiger partial charge in [-0.3, -0.25) is 4.79 Å². The molecule has 1 aliphatic rings. The van der Waals surface area contributed by atoms with Gasteiger partial charge in [-0.25, -0.2) is 4.39 Å². The van der Waals surface area contributed by atoms with E-state index in [1.165, 1.54) is 6.07 Å². The second-order valence-corrected chi connectivity index (χ2v) is 7.83. The highest BCUT2D eigenvalue weighted by atomic mass is 79.9. The van der Waals surface area contributed by atoms with Crippen molar-refractivity contribution in [3.05, 3.63) is 52.8 Å². The lowest BCUT2D eigenvalue weighted by molar-refractivity contribution is -0.115. The third kappa shape index (κ3) is 5.22. The van der Waals surface area contributed by atoms with Gasteiger partial charge in [-0.2, -0.15) is 0 Å². The molecule has 2 aromatic rings. The molecule has 2 aromatic carbocycles. The first-order chi connectivity index (χ1) is 12.6. The number of thioether (sulfide) groups is 1. The van der Waals surface area contributed by atoms with E-state index in [-0.39, 0.29) is 11.7 Å². The molecule has 0 atom stereocenters. The first-order valence-corrected chi connectivity index (χ1v) is 10.2. The summed E-state index contributed by atoms with van der Waals surface area (Å²) in [5, 5.41) is 2.77. The Morgan fingerprint density at radius 1 is 1.23 bits per heavy atom. The number of hydrogen-bond acceptors (Lipinski definition) is 4. The van der Waals surface area contributed by atoms with Crippen molar-refractivity contribution >= 4 is 45.0 Å². The molecule has 1 saturated heterocycles. The minimum Gasteiger partial charge on any atom is -0.378 e. The Morgan fingerprint density at radius 3 is 2.73 bits per heavy atom. The fourth-order valence-corrected chi connectivity index (χ4v) is 4.20. The maximum absolute atomic E-state index is 14.4. The van der Waals surface area contributed by atoms with E-state index in [1.54, 1.807) is 23.9 Å². The number of carbonyl (C=O) groups is 1. The van der Waals surface area contributed by atoms with E-state index in [0.29, 0.717) is 49.9 Å². The van der Waals surface area contributed by atoms with Gasteiger partial charge in [0, 0.05) is 40.3 Å². The van der Waals surface area contributed by atoms with Crippen molar-refractivity contribution in [3.63, 3.8) is 0 Å². The fraction of sp³-hybridized carbons (Fsp3) is 0.316. The summed E-state index contributed by atoms with van der Waals surface area (Å²) in [6.45, 7) is 2.56. The van der Waals surface area contributed by atoms with Crippen molar-refractivity contribution in [2.75, 3.05) is 42.3 Å². The first-order valence-electron chi connectivity index (χ1n) is 8.43. The van der Waals surface area contributed by atoms with Gasteiger partial charge >= 0.3 is 0 Å². The molecular formula is C19H20BrFN2O2S. The molecule has 7 heteroatoms. The Hall–Kier alpha value is -1.57. The van der Waals surface area contributed by atoms with Gasteiger partial charge in [0.1, 0.15) is 5.82 Å². The second-order valence-electron chi connectivity index (χ2n) is 5.84. The molecule has 0 unspecified atom stereocenters. The molecule has 0 bridgehead atoms. The van der Waals surface area contributed by atoms with Gasteiger partial charge in [0.05, 0.1) is 18.9 Å². The molecule has 0 spiro atoms. The number of hydrogen-bond donors (Lipinski definition) is 1. The summed E-state index contributed by atoms with van der Waals surface area (Å²) < 4.78 is 20.7. The Balaban J connectivity index is 1.51. The third-order valence-electron chi connectivity index (χ3n) is 4.01. The number of anilines is 2. The highest BCUT2D eigenvalue weighted by molar-refractivity contribution is 9.10. The van der Waals surface area contributed by atoms with Gasteiger partial charge in [0.15, 0.2) is 0 Å². The quantitative estimate of drug-likeness (QED) is 0.671. The topological polar surface area (TPSA) is 41.6 Å². The predicted octanol–water partition coefficient (Wildman–Crippen LogP) is 4.55. The summed E-state index contributed by atoms with van der Waals surface area (Å²) in [6.07, 6.45) is 0.360. The number of carbonyl (C=O) groups excluding carboxylic acids is 1. The zero-order valence-electron chi connectivity index (χ0n) is 14.2. The van der Waals surface area contributed by atoms with Crippen LogP contribution in [0.25, 0.3) is 0 Å². The maximum Gasteiger partial charge on any atom is 0.225 e. The lowest BCUT2D eigenvalue weighted by atomic mass is 10.2. The Morgan fingerprint density at radius 2 is 2.00 bits per heavy atom. The highest BCUT2D eigenvalue weighted by Crippen LogP contribution is 2.28. The van der Waals surface area contributed by atoms with Crippen LogP contribution in [0.1, 0.15) is 6.42 Å². The summed E-state index contributed by atoms with van der Waals surface area (Å²) in [6, 6.07) is 12.7. The zero-order chi connectivity index (χ0) is 18.4. The summed E-state index contributed by atoms with van der Waals surface area (Å²) >= 11 is 5.10. The lowest BCUT2D eigenvalue weighted by Gasteiger charge is -2.29. The van der Waals surface area contributed by atoms with Crippen LogP contribution < -0.4 is 10.2 Å². The van der Waals surface area contributed by atoms with Crippen molar-refractivity contribution in [2.24, 2.45) is 0 Å². The fourth-order valence-electron chi connectivity index (χ4n) is 2.68. The van der Waals surface area contributed by atoms with Gasteiger partial charge in [0.2, 0.25) is 5.91 Å². The van der Waals surface area contributed by atoms with Crippen molar-refractivity contribution in [2.45, 2.75) is 11.3 Å². The van der Waals surface area contributed by atoms with Crippen LogP contribution >= 0.6 is 27.7 Å².